The molecule has 2 aromatic carbocycles. The lowest BCUT2D eigenvalue weighted by molar-refractivity contribution is 0.0697. The molecule has 0 aliphatic carbocycles. The maximum absolute atomic E-state index is 11.6. The lowest BCUT2D eigenvalue weighted by atomic mass is 10.1. The SMILES string of the molecule is Cc1nc2c(c(N)c1C(=O)O)c1ccccc1n2Cc1ccccc1. The van der Waals surface area contributed by atoms with Gasteiger partial charge in [0.05, 0.1) is 22.3 Å². The maximum Gasteiger partial charge on any atom is 0.339 e. The maximum atomic E-state index is 11.6. The minimum Gasteiger partial charge on any atom is -0.478 e. The van der Waals surface area contributed by atoms with E-state index >= 15 is 0 Å². The van der Waals surface area contributed by atoms with E-state index in [-0.39, 0.29) is 11.3 Å². The normalized spacial score (nSPS) is 11.2. The van der Waals surface area contributed by atoms with E-state index in [4.69, 9.17) is 5.73 Å². The number of rotatable bonds is 3. The van der Waals surface area contributed by atoms with Crippen molar-refractivity contribution >= 4 is 33.6 Å². The van der Waals surface area contributed by atoms with Crippen molar-refractivity contribution < 1.29 is 9.90 Å². The highest BCUT2D eigenvalue weighted by Gasteiger charge is 2.21. The molecule has 0 unspecified atom stereocenters. The number of hydrogen-bond donors (Lipinski definition) is 2. The van der Waals surface area contributed by atoms with Crippen LogP contribution < -0.4 is 5.73 Å². The molecule has 4 aromatic rings. The Bertz CT molecular complexity index is 1110. The van der Waals surface area contributed by atoms with Crippen LogP contribution in [0.15, 0.2) is 54.6 Å². The van der Waals surface area contributed by atoms with Gasteiger partial charge in [-0.3, -0.25) is 0 Å². The van der Waals surface area contributed by atoms with Crippen molar-refractivity contribution in [3.8, 4) is 0 Å². The van der Waals surface area contributed by atoms with E-state index < -0.39 is 5.97 Å². The number of nitrogens with two attached hydrogens (primary N) is 1. The Kier molecular flexibility index (Phi) is 3.42. The van der Waals surface area contributed by atoms with Gasteiger partial charge in [-0.25, -0.2) is 9.78 Å². The number of carbonyl (C=O) groups is 1. The highest BCUT2D eigenvalue weighted by molar-refractivity contribution is 6.16. The van der Waals surface area contributed by atoms with E-state index in [1.54, 1.807) is 6.92 Å². The number of hydrogen-bond acceptors (Lipinski definition) is 3. The van der Waals surface area contributed by atoms with Gasteiger partial charge in [-0.15, -0.1) is 0 Å². The number of nitrogen functional groups attached to an aromatic ring is 1. The summed E-state index contributed by atoms with van der Waals surface area (Å²) in [4.78, 5) is 16.2. The predicted molar refractivity (Wildman–Crippen MR) is 98.9 cm³/mol. The summed E-state index contributed by atoms with van der Waals surface area (Å²) in [5, 5.41) is 11.1. The standard InChI is InChI=1S/C20H17N3O2/c1-12-16(20(24)25)18(21)17-14-9-5-6-10-15(14)23(19(17)22-12)11-13-7-3-2-4-8-13/h2-10H,11H2,1H3,(H2,21,22)(H,24,25). The predicted octanol–water partition coefficient (Wildman–Crippen LogP) is 3.83. The topological polar surface area (TPSA) is 81.1 Å². The summed E-state index contributed by atoms with van der Waals surface area (Å²) in [5.41, 5.74) is 9.89. The minimum absolute atomic E-state index is 0.0788. The number of carboxylic acid groups (broad SMARTS) is 1. The van der Waals surface area contributed by atoms with Crippen LogP contribution in [0.25, 0.3) is 21.9 Å². The molecule has 0 bridgehead atoms. The molecule has 4 rings (SSSR count). The zero-order valence-electron chi connectivity index (χ0n) is 13.7. The third-order valence-electron chi connectivity index (χ3n) is 4.51. The zero-order chi connectivity index (χ0) is 17.6. The number of carboxylic acids is 1. The van der Waals surface area contributed by atoms with Crippen LogP contribution in [-0.2, 0) is 6.54 Å². The van der Waals surface area contributed by atoms with Gasteiger partial charge in [-0.05, 0) is 18.6 Å². The van der Waals surface area contributed by atoms with Gasteiger partial charge in [-0.1, -0.05) is 48.5 Å². The van der Waals surface area contributed by atoms with Crippen LogP contribution in [0.3, 0.4) is 0 Å². The molecule has 0 spiro atoms. The molecule has 5 nitrogen and oxygen atoms in total. The van der Waals surface area contributed by atoms with Gasteiger partial charge in [0.25, 0.3) is 0 Å². The van der Waals surface area contributed by atoms with Crippen LogP contribution >= 0.6 is 0 Å². The summed E-state index contributed by atoms with van der Waals surface area (Å²) in [6, 6.07) is 17.9. The first kappa shape index (κ1) is 15.2. The van der Waals surface area contributed by atoms with E-state index in [0.29, 0.717) is 23.3 Å². The highest BCUT2D eigenvalue weighted by atomic mass is 16.4. The van der Waals surface area contributed by atoms with E-state index in [9.17, 15) is 9.90 Å². The van der Waals surface area contributed by atoms with Crippen molar-refractivity contribution in [1.82, 2.24) is 9.55 Å². The van der Waals surface area contributed by atoms with Gasteiger partial charge >= 0.3 is 5.97 Å². The smallest absolute Gasteiger partial charge is 0.339 e. The van der Waals surface area contributed by atoms with Crippen LogP contribution in [0.2, 0.25) is 0 Å². The number of para-hydroxylation sites is 1. The number of nitrogens with zero attached hydrogens (tertiary/aromatic N) is 2. The van der Waals surface area contributed by atoms with Crippen LogP contribution in [0.4, 0.5) is 5.69 Å². The molecule has 3 N–H and O–H groups in total. The summed E-state index contributed by atoms with van der Waals surface area (Å²) >= 11 is 0. The lowest BCUT2D eigenvalue weighted by Crippen LogP contribution is -2.09. The molecule has 0 aliphatic rings. The molecule has 2 heterocycles. The monoisotopic (exact) mass is 331 g/mol. The number of anilines is 1. The van der Waals surface area contributed by atoms with Gasteiger partial charge < -0.3 is 15.4 Å². The summed E-state index contributed by atoms with van der Waals surface area (Å²) in [6.07, 6.45) is 0. The second-order valence-corrected chi connectivity index (χ2v) is 6.08. The Balaban J connectivity index is 2.09. The fourth-order valence-corrected chi connectivity index (χ4v) is 3.40. The quantitative estimate of drug-likeness (QED) is 0.598. The van der Waals surface area contributed by atoms with E-state index in [1.165, 1.54) is 0 Å². The zero-order valence-corrected chi connectivity index (χ0v) is 13.7. The van der Waals surface area contributed by atoms with Crippen molar-refractivity contribution in [3.05, 3.63) is 71.4 Å². The summed E-state index contributed by atoms with van der Waals surface area (Å²) in [5.74, 6) is -1.05. The number of aromatic carboxylic acids is 1. The van der Waals surface area contributed by atoms with E-state index in [2.05, 4.69) is 21.7 Å². The fourth-order valence-electron chi connectivity index (χ4n) is 3.40. The van der Waals surface area contributed by atoms with Crippen molar-refractivity contribution in [2.75, 3.05) is 5.73 Å². The average molecular weight is 331 g/mol. The molecule has 0 fully saturated rings. The third kappa shape index (κ3) is 2.32. The molecule has 0 radical (unpaired) electrons. The van der Waals surface area contributed by atoms with E-state index in [0.717, 1.165) is 16.5 Å². The first-order chi connectivity index (χ1) is 12.1. The second-order valence-electron chi connectivity index (χ2n) is 6.08. The molecule has 2 aromatic heterocycles. The summed E-state index contributed by atoms with van der Waals surface area (Å²) < 4.78 is 2.09. The van der Waals surface area contributed by atoms with Crippen LogP contribution in [0.5, 0.6) is 0 Å². The first-order valence-electron chi connectivity index (χ1n) is 8.02. The van der Waals surface area contributed by atoms with Gasteiger partial charge in [0.15, 0.2) is 0 Å². The third-order valence-corrected chi connectivity index (χ3v) is 4.51. The molecular formula is C20H17N3O2. The number of fused-ring (bicyclic) bond motifs is 3. The number of pyridine rings is 1. The van der Waals surface area contributed by atoms with Crippen molar-refractivity contribution in [3.63, 3.8) is 0 Å². The Labute approximate surface area is 144 Å². The van der Waals surface area contributed by atoms with Gasteiger partial charge in [0.1, 0.15) is 11.2 Å². The molecule has 0 saturated heterocycles. The Hall–Kier alpha value is -3.34. The largest absolute Gasteiger partial charge is 0.478 e. The molecule has 25 heavy (non-hydrogen) atoms. The van der Waals surface area contributed by atoms with Crippen molar-refractivity contribution in [2.45, 2.75) is 13.5 Å². The Morgan fingerprint density at radius 3 is 2.52 bits per heavy atom. The Morgan fingerprint density at radius 1 is 1.12 bits per heavy atom. The van der Waals surface area contributed by atoms with Gasteiger partial charge in [0.2, 0.25) is 0 Å². The van der Waals surface area contributed by atoms with Crippen molar-refractivity contribution in [2.24, 2.45) is 0 Å². The molecule has 5 heteroatoms. The Morgan fingerprint density at radius 2 is 1.80 bits per heavy atom. The van der Waals surface area contributed by atoms with Crippen LogP contribution in [-0.4, -0.2) is 20.6 Å². The van der Waals surface area contributed by atoms with Crippen LogP contribution in [0, 0.1) is 6.92 Å². The van der Waals surface area contributed by atoms with Gasteiger partial charge in [0, 0.05) is 11.9 Å². The molecule has 0 saturated carbocycles. The summed E-state index contributed by atoms with van der Waals surface area (Å²) in [6.45, 7) is 2.33. The average Bonchev–Trinajstić information content (AvgIpc) is 2.89. The number of aromatic nitrogens is 2. The highest BCUT2D eigenvalue weighted by Crippen LogP contribution is 2.35. The second kappa shape index (κ2) is 5.63. The fraction of sp³-hybridized carbons (Fsp3) is 0.100. The lowest BCUT2D eigenvalue weighted by Gasteiger charge is -2.10. The van der Waals surface area contributed by atoms with Crippen molar-refractivity contribution in [1.29, 1.82) is 0 Å². The van der Waals surface area contributed by atoms with E-state index in [1.807, 2.05) is 42.5 Å². The summed E-state index contributed by atoms with van der Waals surface area (Å²) in [7, 11) is 0. The molecule has 0 amide bonds. The first-order valence-corrected chi connectivity index (χ1v) is 8.02. The number of aryl methyl sites for hydroxylation is 1. The molecular weight excluding hydrogens is 314 g/mol. The molecule has 0 atom stereocenters. The van der Waals surface area contributed by atoms with Gasteiger partial charge in [-0.2, -0.15) is 0 Å². The molecule has 0 aliphatic heterocycles. The number of benzene rings is 2. The minimum atomic E-state index is -1.05. The van der Waals surface area contributed by atoms with Crippen LogP contribution in [0.1, 0.15) is 21.6 Å². The molecule has 124 valence electrons.